The zero-order chi connectivity index (χ0) is 13.8. The molecule has 0 aliphatic heterocycles. The van der Waals surface area contributed by atoms with Gasteiger partial charge in [0.2, 0.25) is 0 Å². The largest absolute Gasteiger partial charge is 0.374 e. The van der Waals surface area contributed by atoms with Gasteiger partial charge in [0.05, 0.1) is 5.56 Å². The summed E-state index contributed by atoms with van der Waals surface area (Å²) in [5.74, 6) is 0.482. The molecule has 0 amide bonds. The summed E-state index contributed by atoms with van der Waals surface area (Å²) in [7, 11) is 0. The summed E-state index contributed by atoms with van der Waals surface area (Å²) in [5, 5.41) is 0.653. The van der Waals surface area contributed by atoms with Gasteiger partial charge in [-0.25, -0.2) is 9.97 Å². The van der Waals surface area contributed by atoms with Gasteiger partial charge < -0.3 is 4.74 Å². The van der Waals surface area contributed by atoms with Crippen LogP contribution in [0.4, 0.5) is 0 Å². The molecule has 0 aliphatic rings. The van der Waals surface area contributed by atoms with Crippen molar-refractivity contribution in [1.29, 1.82) is 0 Å². The lowest BCUT2D eigenvalue weighted by molar-refractivity contribution is 0.128. The number of halogens is 3. The monoisotopic (exact) mass is 360 g/mol. The topological polar surface area (TPSA) is 35.0 Å². The fraction of sp³-hybridized carbons (Fsp3) is 0.231. The highest BCUT2D eigenvalue weighted by molar-refractivity contribution is 9.10. The molecule has 19 heavy (non-hydrogen) atoms. The Morgan fingerprint density at radius 3 is 2.47 bits per heavy atom. The van der Waals surface area contributed by atoms with E-state index in [0.29, 0.717) is 34.9 Å². The van der Waals surface area contributed by atoms with Gasteiger partial charge in [0.1, 0.15) is 16.9 Å². The first-order valence-electron chi connectivity index (χ1n) is 5.67. The Bertz CT molecular complexity index is 570. The van der Waals surface area contributed by atoms with E-state index in [2.05, 4.69) is 25.9 Å². The van der Waals surface area contributed by atoms with Crippen LogP contribution in [-0.4, -0.2) is 16.6 Å². The first kappa shape index (κ1) is 14.7. The summed E-state index contributed by atoms with van der Waals surface area (Å²) >= 11 is 15.8. The second-order valence-corrected chi connectivity index (χ2v) is 5.38. The minimum Gasteiger partial charge on any atom is -0.374 e. The van der Waals surface area contributed by atoms with E-state index in [1.807, 2.05) is 31.2 Å². The molecule has 2 aromatic rings. The van der Waals surface area contributed by atoms with Crippen molar-refractivity contribution >= 4 is 39.1 Å². The Hall–Kier alpha value is -0.680. The first-order chi connectivity index (χ1) is 9.11. The molecule has 0 saturated heterocycles. The van der Waals surface area contributed by atoms with Gasteiger partial charge in [-0.05, 0) is 24.6 Å². The third-order valence-corrected chi connectivity index (χ3v) is 3.46. The van der Waals surface area contributed by atoms with Crippen LogP contribution < -0.4 is 0 Å². The van der Waals surface area contributed by atoms with E-state index in [1.165, 1.54) is 0 Å². The molecular formula is C13H11BrCl2N2O. The number of nitrogens with zero attached hydrogens (tertiary/aromatic N) is 2. The van der Waals surface area contributed by atoms with Crippen molar-refractivity contribution in [2.75, 3.05) is 6.61 Å². The van der Waals surface area contributed by atoms with E-state index in [-0.39, 0.29) is 0 Å². The first-order valence-corrected chi connectivity index (χ1v) is 7.22. The van der Waals surface area contributed by atoms with Crippen LogP contribution in [0.15, 0.2) is 28.7 Å². The normalized spacial score (nSPS) is 10.7. The molecular weight excluding hydrogens is 351 g/mol. The van der Waals surface area contributed by atoms with E-state index < -0.39 is 0 Å². The van der Waals surface area contributed by atoms with E-state index in [0.717, 1.165) is 10.0 Å². The molecule has 1 heterocycles. The second kappa shape index (κ2) is 6.66. The summed E-state index contributed by atoms with van der Waals surface area (Å²) in [6, 6.07) is 7.65. The van der Waals surface area contributed by atoms with Crippen molar-refractivity contribution in [3.05, 3.63) is 44.9 Å². The molecule has 6 heteroatoms. The predicted molar refractivity (Wildman–Crippen MR) is 80.5 cm³/mol. The Kier molecular flexibility index (Phi) is 5.16. The lowest BCUT2D eigenvalue weighted by Crippen LogP contribution is -2.01. The molecule has 0 bridgehead atoms. The number of benzene rings is 1. The fourth-order valence-corrected chi connectivity index (χ4v) is 2.63. The van der Waals surface area contributed by atoms with Gasteiger partial charge in [0.15, 0.2) is 5.82 Å². The lowest BCUT2D eigenvalue weighted by atomic mass is 10.1. The lowest BCUT2D eigenvalue weighted by Gasteiger charge is -2.09. The van der Waals surface area contributed by atoms with E-state index in [4.69, 9.17) is 27.9 Å². The van der Waals surface area contributed by atoms with Crippen LogP contribution >= 0.6 is 39.1 Å². The van der Waals surface area contributed by atoms with E-state index in [9.17, 15) is 0 Å². The Balaban J connectivity index is 2.42. The Morgan fingerprint density at radius 2 is 1.89 bits per heavy atom. The highest BCUT2D eigenvalue weighted by atomic mass is 79.9. The van der Waals surface area contributed by atoms with Crippen LogP contribution in [0.1, 0.15) is 12.7 Å². The molecule has 0 aliphatic carbocycles. The van der Waals surface area contributed by atoms with Crippen molar-refractivity contribution in [2.45, 2.75) is 13.5 Å². The molecule has 2 rings (SSSR count). The van der Waals surface area contributed by atoms with Gasteiger partial charge in [-0.3, -0.25) is 0 Å². The summed E-state index contributed by atoms with van der Waals surface area (Å²) in [5.41, 5.74) is 1.50. The van der Waals surface area contributed by atoms with Crippen molar-refractivity contribution in [3.8, 4) is 11.1 Å². The molecule has 1 aromatic carbocycles. The van der Waals surface area contributed by atoms with E-state index in [1.54, 1.807) is 0 Å². The van der Waals surface area contributed by atoms with Gasteiger partial charge in [-0.15, -0.1) is 0 Å². The summed E-state index contributed by atoms with van der Waals surface area (Å²) in [6.45, 7) is 2.79. The smallest absolute Gasteiger partial charge is 0.157 e. The predicted octanol–water partition coefficient (Wildman–Crippen LogP) is 4.75. The maximum Gasteiger partial charge on any atom is 0.157 e. The maximum absolute atomic E-state index is 6.19. The van der Waals surface area contributed by atoms with Crippen LogP contribution in [0.2, 0.25) is 10.3 Å². The number of ether oxygens (including phenoxy) is 1. The van der Waals surface area contributed by atoms with Crippen molar-refractivity contribution in [1.82, 2.24) is 9.97 Å². The van der Waals surface area contributed by atoms with Gasteiger partial charge in [-0.2, -0.15) is 0 Å². The van der Waals surface area contributed by atoms with Crippen LogP contribution in [0, 0.1) is 0 Å². The molecule has 0 N–H and O–H groups in total. The molecule has 0 spiro atoms. The van der Waals surface area contributed by atoms with Crippen LogP contribution in [0.5, 0.6) is 0 Å². The summed E-state index contributed by atoms with van der Waals surface area (Å²) in [4.78, 5) is 8.41. The molecule has 3 nitrogen and oxygen atoms in total. The molecule has 0 radical (unpaired) electrons. The van der Waals surface area contributed by atoms with Gasteiger partial charge in [0.25, 0.3) is 0 Å². The maximum atomic E-state index is 6.19. The molecule has 100 valence electrons. The molecule has 0 saturated carbocycles. The number of rotatable bonds is 4. The highest BCUT2D eigenvalue weighted by Crippen LogP contribution is 2.33. The third-order valence-electron chi connectivity index (χ3n) is 2.42. The second-order valence-electron chi connectivity index (χ2n) is 3.74. The summed E-state index contributed by atoms with van der Waals surface area (Å²) < 4.78 is 6.18. The van der Waals surface area contributed by atoms with Gasteiger partial charge >= 0.3 is 0 Å². The molecule has 0 unspecified atom stereocenters. The van der Waals surface area contributed by atoms with Crippen LogP contribution in [-0.2, 0) is 11.3 Å². The van der Waals surface area contributed by atoms with Crippen molar-refractivity contribution < 1.29 is 4.74 Å². The zero-order valence-corrected chi connectivity index (χ0v) is 13.3. The fourth-order valence-electron chi connectivity index (χ4n) is 1.59. The number of hydrogen-bond donors (Lipinski definition) is 0. The quantitative estimate of drug-likeness (QED) is 0.737. The van der Waals surface area contributed by atoms with Crippen LogP contribution in [0.25, 0.3) is 11.1 Å². The van der Waals surface area contributed by atoms with Crippen LogP contribution in [0.3, 0.4) is 0 Å². The highest BCUT2D eigenvalue weighted by Gasteiger charge is 2.13. The minimum absolute atomic E-state index is 0.300. The Labute approximate surface area is 130 Å². The van der Waals surface area contributed by atoms with E-state index >= 15 is 0 Å². The SMILES string of the molecule is CCOCc1nc(Cl)c(-c2cccc(Br)c2)c(Cl)n1. The van der Waals surface area contributed by atoms with Crippen molar-refractivity contribution in [3.63, 3.8) is 0 Å². The average Bonchev–Trinajstić information content (AvgIpc) is 2.35. The molecule has 0 atom stereocenters. The molecule has 1 aromatic heterocycles. The third kappa shape index (κ3) is 3.66. The zero-order valence-electron chi connectivity index (χ0n) is 10.2. The standard InChI is InChI=1S/C13H11BrCl2N2O/c1-2-19-7-10-17-12(15)11(13(16)18-10)8-4-3-5-9(14)6-8/h3-6H,2,7H2,1H3. The van der Waals surface area contributed by atoms with Gasteiger partial charge in [-0.1, -0.05) is 51.3 Å². The summed E-state index contributed by atoms with van der Waals surface area (Å²) in [6.07, 6.45) is 0. The van der Waals surface area contributed by atoms with Crippen molar-refractivity contribution in [2.24, 2.45) is 0 Å². The minimum atomic E-state index is 0.300. The Morgan fingerprint density at radius 1 is 1.21 bits per heavy atom. The number of aromatic nitrogens is 2. The van der Waals surface area contributed by atoms with Gasteiger partial charge in [0, 0.05) is 11.1 Å². The molecule has 0 fully saturated rings. The number of hydrogen-bond acceptors (Lipinski definition) is 3. The average molecular weight is 362 g/mol.